The number of nitro groups is 1. The summed E-state index contributed by atoms with van der Waals surface area (Å²) in [6.07, 6.45) is 0. The zero-order valence-corrected chi connectivity index (χ0v) is 11.0. The molecule has 2 aromatic carbocycles. The molecule has 4 nitrogen and oxygen atoms in total. The Labute approximate surface area is 112 Å². The van der Waals surface area contributed by atoms with Gasteiger partial charge in [0.15, 0.2) is 0 Å². The van der Waals surface area contributed by atoms with E-state index in [0.29, 0.717) is 12.2 Å². The van der Waals surface area contributed by atoms with Crippen LogP contribution < -0.4 is 5.32 Å². The molecule has 0 bridgehead atoms. The van der Waals surface area contributed by atoms with Crippen LogP contribution in [-0.2, 0) is 6.54 Å². The SMILES string of the molecule is Cc1cccc(C)c1CNc1ccccc1[N+](=O)[O-]. The minimum absolute atomic E-state index is 0.105. The van der Waals surface area contributed by atoms with Crippen molar-refractivity contribution in [3.63, 3.8) is 0 Å². The number of nitrogens with zero attached hydrogens (tertiary/aromatic N) is 1. The number of hydrogen-bond donors (Lipinski definition) is 1. The van der Waals surface area contributed by atoms with Gasteiger partial charge < -0.3 is 5.32 Å². The van der Waals surface area contributed by atoms with E-state index in [9.17, 15) is 10.1 Å². The van der Waals surface area contributed by atoms with Gasteiger partial charge in [0, 0.05) is 12.6 Å². The van der Waals surface area contributed by atoms with E-state index in [1.165, 1.54) is 22.8 Å². The molecule has 0 aliphatic heterocycles. The van der Waals surface area contributed by atoms with Crippen LogP contribution in [0.5, 0.6) is 0 Å². The van der Waals surface area contributed by atoms with E-state index in [1.54, 1.807) is 18.2 Å². The fourth-order valence-corrected chi connectivity index (χ4v) is 2.09. The van der Waals surface area contributed by atoms with Gasteiger partial charge in [0.05, 0.1) is 4.92 Å². The molecular weight excluding hydrogens is 240 g/mol. The lowest BCUT2D eigenvalue weighted by molar-refractivity contribution is -0.384. The van der Waals surface area contributed by atoms with Gasteiger partial charge in [0.1, 0.15) is 5.69 Å². The molecule has 0 aromatic heterocycles. The van der Waals surface area contributed by atoms with Crippen molar-refractivity contribution in [2.75, 3.05) is 5.32 Å². The average molecular weight is 256 g/mol. The third-order valence-corrected chi connectivity index (χ3v) is 3.20. The van der Waals surface area contributed by atoms with E-state index < -0.39 is 0 Å². The van der Waals surface area contributed by atoms with Gasteiger partial charge in [-0.05, 0) is 36.6 Å². The Bertz CT molecular complexity index is 589. The van der Waals surface area contributed by atoms with Gasteiger partial charge in [-0.1, -0.05) is 30.3 Å². The van der Waals surface area contributed by atoms with Crippen molar-refractivity contribution in [1.82, 2.24) is 0 Å². The van der Waals surface area contributed by atoms with Crippen molar-refractivity contribution in [1.29, 1.82) is 0 Å². The van der Waals surface area contributed by atoms with Crippen molar-refractivity contribution in [2.45, 2.75) is 20.4 Å². The van der Waals surface area contributed by atoms with Crippen LogP contribution >= 0.6 is 0 Å². The Morgan fingerprint density at radius 2 is 1.68 bits per heavy atom. The average Bonchev–Trinajstić information content (AvgIpc) is 2.38. The lowest BCUT2D eigenvalue weighted by Crippen LogP contribution is -2.05. The summed E-state index contributed by atoms with van der Waals surface area (Å²) in [6.45, 7) is 4.68. The van der Waals surface area contributed by atoms with E-state index in [1.807, 2.05) is 32.0 Å². The molecular formula is C15H16N2O2. The summed E-state index contributed by atoms with van der Waals surface area (Å²) in [5.41, 5.74) is 4.21. The fraction of sp³-hybridized carbons (Fsp3) is 0.200. The highest BCUT2D eigenvalue weighted by atomic mass is 16.6. The smallest absolute Gasteiger partial charge is 0.292 e. The summed E-state index contributed by atoms with van der Waals surface area (Å²) in [7, 11) is 0. The number of anilines is 1. The van der Waals surface area contributed by atoms with E-state index in [-0.39, 0.29) is 10.6 Å². The summed E-state index contributed by atoms with van der Waals surface area (Å²) in [4.78, 5) is 10.6. The molecule has 0 atom stereocenters. The Balaban J connectivity index is 2.22. The first kappa shape index (κ1) is 13.1. The molecule has 0 aliphatic carbocycles. The monoisotopic (exact) mass is 256 g/mol. The Hall–Kier alpha value is -2.36. The molecule has 0 radical (unpaired) electrons. The van der Waals surface area contributed by atoms with Crippen molar-refractivity contribution < 1.29 is 4.92 Å². The lowest BCUT2D eigenvalue weighted by Gasteiger charge is -2.12. The summed E-state index contributed by atoms with van der Waals surface area (Å²) >= 11 is 0. The van der Waals surface area contributed by atoms with Crippen molar-refractivity contribution in [3.8, 4) is 0 Å². The summed E-state index contributed by atoms with van der Waals surface area (Å²) in [6, 6.07) is 12.8. The van der Waals surface area contributed by atoms with Gasteiger partial charge in [0.2, 0.25) is 0 Å². The maximum absolute atomic E-state index is 10.9. The molecule has 0 unspecified atom stereocenters. The number of hydrogen-bond acceptors (Lipinski definition) is 3. The number of benzene rings is 2. The first-order chi connectivity index (χ1) is 9.09. The second-order valence-corrected chi connectivity index (χ2v) is 4.50. The van der Waals surface area contributed by atoms with Crippen LogP contribution in [0.3, 0.4) is 0 Å². The predicted molar refractivity (Wildman–Crippen MR) is 76.3 cm³/mol. The number of nitrogens with one attached hydrogen (secondary N) is 1. The second-order valence-electron chi connectivity index (χ2n) is 4.50. The molecule has 0 saturated carbocycles. The van der Waals surface area contributed by atoms with Gasteiger partial charge in [-0.25, -0.2) is 0 Å². The molecule has 0 fully saturated rings. The highest BCUT2D eigenvalue weighted by Crippen LogP contribution is 2.24. The summed E-state index contributed by atoms with van der Waals surface area (Å²) in [5, 5.41) is 14.1. The van der Waals surface area contributed by atoms with E-state index in [0.717, 1.165) is 0 Å². The topological polar surface area (TPSA) is 55.2 Å². The zero-order valence-electron chi connectivity index (χ0n) is 11.0. The number of rotatable bonds is 4. The molecule has 0 aliphatic rings. The molecule has 1 N–H and O–H groups in total. The predicted octanol–water partition coefficient (Wildman–Crippen LogP) is 3.82. The first-order valence-corrected chi connectivity index (χ1v) is 6.12. The molecule has 0 saturated heterocycles. The maximum Gasteiger partial charge on any atom is 0.292 e. The quantitative estimate of drug-likeness (QED) is 0.668. The van der Waals surface area contributed by atoms with Crippen LogP contribution in [0.1, 0.15) is 16.7 Å². The van der Waals surface area contributed by atoms with Crippen molar-refractivity contribution >= 4 is 11.4 Å². The standard InChI is InChI=1S/C15H16N2O2/c1-11-6-5-7-12(2)13(11)10-16-14-8-3-4-9-15(14)17(18)19/h3-9,16H,10H2,1-2H3. The van der Waals surface area contributed by atoms with Crippen LogP contribution in [0.2, 0.25) is 0 Å². The Morgan fingerprint density at radius 3 is 2.32 bits per heavy atom. The van der Waals surface area contributed by atoms with Crippen LogP contribution in [0.15, 0.2) is 42.5 Å². The molecule has 2 rings (SSSR count). The fourth-order valence-electron chi connectivity index (χ4n) is 2.09. The Kier molecular flexibility index (Phi) is 3.80. The highest BCUT2D eigenvalue weighted by Gasteiger charge is 2.12. The first-order valence-electron chi connectivity index (χ1n) is 6.12. The van der Waals surface area contributed by atoms with Crippen LogP contribution in [0.4, 0.5) is 11.4 Å². The maximum atomic E-state index is 10.9. The van der Waals surface area contributed by atoms with E-state index in [2.05, 4.69) is 5.32 Å². The molecule has 0 spiro atoms. The zero-order chi connectivity index (χ0) is 13.8. The molecule has 2 aromatic rings. The van der Waals surface area contributed by atoms with Crippen molar-refractivity contribution in [2.24, 2.45) is 0 Å². The van der Waals surface area contributed by atoms with E-state index in [4.69, 9.17) is 0 Å². The third-order valence-electron chi connectivity index (χ3n) is 3.20. The van der Waals surface area contributed by atoms with E-state index >= 15 is 0 Å². The molecule has 4 heteroatoms. The van der Waals surface area contributed by atoms with Crippen LogP contribution in [0.25, 0.3) is 0 Å². The van der Waals surface area contributed by atoms with Gasteiger partial charge >= 0.3 is 0 Å². The summed E-state index contributed by atoms with van der Waals surface area (Å²) < 4.78 is 0. The number of nitro benzene ring substituents is 1. The summed E-state index contributed by atoms with van der Waals surface area (Å²) in [5.74, 6) is 0. The van der Waals surface area contributed by atoms with Crippen LogP contribution in [0, 0.1) is 24.0 Å². The third kappa shape index (κ3) is 2.91. The van der Waals surface area contributed by atoms with Gasteiger partial charge in [-0.2, -0.15) is 0 Å². The second kappa shape index (κ2) is 5.52. The molecule has 19 heavy (non-hydrogen) atoms. The Morgan fingerprint density at radius 1 is 1.05 bits per heavy atom. The van der Waals surface area contributed by atoms with Gasteiger partial charge in [0.25, 0.3) is 5.69 Å². The van der Waals surface area contributed by atoms with Gasteiger partial charge in [-0.3, -0.25) is 10.1 Å². The molecule has 98 valence electrons. The highest BCUT2D eigenvalue weighted by molar-refractivity contribution is 5.61. The van der Waals surface area contributed by atoms with Gasteiger partial charge in [-0.15, -0.1) is 0 Å². The largest absolute Gasteiger partial charge is 0.375 e. The minimum Gasteiger partial charge on any atom is -0.375 e. The molecule has 0 heterocycles. The van der Waals surface area contributed by atoms with Crippen molar-refractivity contribution in [3.05, 3.63) is 69.3 Å². The molecule has 0 amide bonds. The number of aryl methyl sites for hydroxylation is 2. The normalized spacial score (nSPS) is 10.2. The minimum atomic E-state index is -0.368. The number of para-hydroxylation sites is 2. The van der Waals surface area contributed by atoms with Crippen LogP contribution in [-0.4, -0.2) is 4.92 Å². The lowest BCUT2D eigenvalue weighted by atomic mass is 10.0.